The molecule has 0 amide bonds. The highest BCUT2D eigenvalue weighted by Gasteiger charge is 2.41. The molecule has 0 bridgehead atoms. The van der Waals surface area contributed by atoms with Gasteiger partial charge in [-0.15, -0.1) is 0 Å². The topological polar surface area (TPSA) is 58.5 Å². The number of nitrogens with one attached hydrogen (secondary N) is 1. The molecule has 0 spiro atoms. The SMILES string of the molecule is Cc1cc(C2C(c3ccccn3)NC(=S)N2Cc2ccncc2)c(C)n1CCCN1CCOCC1. The summed E-state index contributed by atoms with van der Waals surface area (Å²) >= 11 is 5.87. The second-order valence-electron chi connectivity index (χ2n) is 9.40. The zero-order chi connectivity index (χ0) is 24.2. The maximum absolute atomic E-state index is 5.87. The maximum atomic E-state index is 5.87. The summed E-state index contributed by atoms with van der Waals surface area (Å²) in [6, 6.07) is 12.6. The monoisotopic (exact) mass is 490 g/mol. The molecule has 8 heteroatoms. The van der Waals surface area contributed by atoms with E-state index in [1.54, 1.807) is 0 Å². The Balaban J connectivity index is 1.42. The van der Waals surface area contributed by atoms with Crippen molar-refractivity contribution in [1.29, 1.82) is 0 Å². The number of ether oxygens (including phenoxy) is 1. The van der Waals surface area contributed by atoms with Gasteiger partial charge in [-0.2, -0.15) is 0 Å². The first kappa shape index (κ1) is 23.9. The molecule has 2 aliphatic rings. The Morgan fingerprint density at radius 2 is 1.86 bits per heavy atom. The molecule has 0 aliphatic carbocycles. The second-order valence-corrected chi connectivity index (χ2v) is 9.78. The number of morpholine rings is 1. The fourth-order valence-electron chi connectivity index (χ4n) is 5.35. The first-order valence-electron chi connectivity index (χ1n) is 12.5. The van der Waals surface area contributed by atoms with E-state index in [2.05, 4.69) is 62.8 Å². The van der Waals surface area contributed by atoms with Crippen molar-refractivity contribution in [3.63, 3.8) is 0 Å². The van der Waals surface area contributed by atoms with E-state index in [0.29, 0.717) is 0 Å². The zero-order valence-electron chi connectivity index (χ0n) is 20.6. The van der Waals surface area contributed by atoms with Crippen LogP contribution < -0.4 is 5.32 Å². The van der Waals surface area contributed by atoms with E-state index in [1.807, 2.05) is 30.7 Å². The van der Waals surface area contributed by atoms with Gasteiger partial charge in [-0.05, 0) is 73.9 Å². The van der Waals surface area contributed by atoms with Crippen molar-refractivity contribution in [1.82, 2.24) is 29.7 Å². The molecule has 5 rings (SSSR count). The maximum Gasteiger partial charge on any atom is 0.170 e. The van der Waals surface area contributed by atoms with E-state index < -0.39 is 0 Å². The molecule has 3 aromatic rings. The summed E-state index contributed by atoms with van der Waals surface area (Å²) in [5, 5.41) is 4.35. The largest absolute Gasteiger partial charge is 0.379 e. The molecule has 0 aromatic carbocycles. The Labute approximate surface area is 213 Å². The minimum absolute atomic E-state index is 0.00663. The highest BCUT2D eigenvalue weighted by atomic mass is 32.1. The molecule has 7 nitrogen and oxygen atoms in total. The van der Waals surface area contributed by atoms with Crippen molar-refractivity contribution in [3.05, 3.63) is 83.2 Å². The quantitative estimate of drug-likeness (QED) is 0.482. The van der Waals surface area contributed by atoms with E-state index in [-0.39, 0.29) is 12.1 Å². The van der Waals surface area contributed by atoms with Gasteiger partial charge in [0.05, 0.1) is 31.0 Å². The van der Waals surface area contributed by atoms with Gasteiger partial charge >= 0.3 is 0 Å². The Morgan fingerprint density at radius 3 is 2.60 bits per heavy atom. The summed E-state index contributed by atoms with van der Waals surface area (Å²) in [4.78, 5) is 13.7. The molecule has 2 unspecified atom stereocenters. The van der Waals surface area contributed by atoms with Crippen molar-refractivity contribution in [3.8, 4) is 0 Å². The molecule has 2 atom stereocenters. The van der Waals surface area contributed by atoms with E-state index in [4.69, 9.17) is 21.9 Å². The number of aryl methyl sites for hydroxylation is 1. The van der Waals surface area contributed by atoms with Crippen LogP contribution in [0.25, 0.3) is 0 Å². The number of thiocarbonyl (C=S) groups is 1. The van der Waals surface area contributed by atoms with Crippen molar-refractivity contribution in [2.45, 2.75) is 45.4 Å². The van der Waals surface area contributed by atoms with Crippen molar-refractivity contribution >= 4 is 17.3 Å². The fourth-order valence-corrected chi connectivity index (χ4v) is 5.65. The summed E-state index contributed by atoms with van der Waals surface area (Å²) in [5.41, 5.74) is 6.11. The molecule has 2 aliphatic heterocycles. The van der Waals surface area contributed by atoms with E-state index in [9.17, 15) is 0 Å². The number of aromatic nitrogens is 3. The third kappa shape index (κ3) is 5.24. The molecule has 1 N–H and O–H groups in total. The summed E-state index contributed by atoms with van der Waals surface area (Å²) in [6.45, 7) is 11.1. The number of pyridine rings is 2. The zero-order valence-corrected chi connectivity index (χ0v) is 21.4. The van der Waals surface area contributed by atoms with Gasteiger partial charge in [0, 0.05) is 62.7 Å². The number of nitrogens with zero attached hydrogens (tertiary/aromatic N) is 5. The van der Waals surface area contributed by atoms with E-state index in [0.717, 1.165) is 63.2 Å². The van der Waals surface area contributed by atoms with Gasteiger partial charge in [0.1, 0.15) is 0 Å². The van der Waals surface area contributed by atoms with Gasteiger partial charge in [-0.1, -0.05) is 6.07 Å². The highest BCUT2D eigenvalue weighted by Crippen LogP contribution is 2.41. The van der Waals surface area contributed by atoms with Crippen molar-refractivity contribution in [2.75, 3.05) is 32.8 Å². The predicted molar refractivity (Wildman–Crippen MR) is 141 cm³/mol. The molecule has 5 heterocycles. The average molecular weight is 491 g/mol. The lowest BCUT2D eigenvalue weighted by Crippen LogP contribution is -2.37. The van der Waals surface area contributed by atoms with Crippen LogP contribution in [0.3, 0.4) is 0 Å². The smallest absolute Gasteiger partial charge is 0.170 e. The Bertz CT molecular complexity index is 1130. The van der Waals surface area contributed by atoms with Crippen LogP contribution in [0.5, 0.6) is 0 Å². The highest BCUT2D eigenvalue weighted by molar-refractivity contribution is 7.80. The molecule has 0 saturated carbocycles. The van der Waals surface area contributed by atoms with Crippen LogP contribution in [0.4, 0.5) is 0 Å². The minimum atomic E-state index is -0.00663. The molecular weight excluding hydrogens is 456 g/mol. The summed E-state index contributed by atoms with van der Waals surface area (Å²) < 4.78 is 7.96. The Hall–Kier alpha value is -2.81. The van der Waals surface area contributed by atoms with Gasteiger partial charge in [-0.3, -0.25) is 14.9 Å². The van der Waals surface area contributed by atoms with Gasteiger partial charge in [0.15, 0.2) is 5.11 Å². The van der Waals surface area contributed by atoms with E-state index in [1.165, 1.54) is 22.5 Å². The normalized spacial score (nSPS) is 20.9. The lowest BCUT2D eigenvalue weighted by Gasteiger charge is -2.28. The van der Waals surface area contributed by atoms with Crippen LogP contribution >= 0.6 is 12.2 Å². The standard InChI is InChI=1S/C27H34N6OS/c1-20-18-23(21(2)32(20)13-5-12-31-14-16-34-17-15-31)26-25(24-6-3-4-9-29-24)30-27(35)33(26)19-22-7-10-28-11-8-22/h3-4,6-11,18,25-26H,5,12-17,19H2,1-2H3,(H,30,35). The number of hydrogen-bond acceptors (Lipinski definition) is 5. The van der Waals surface area contributed by atoms with Crippen LogP contribution in [0.15, 0.2) is 55.0 Å². The van der Waals surface area contributed by atoms with Crippen LogP contribution in [-0.4, -0.2) is 62.3 Å². The van der Waals surface area contributed by atoms with Crippen molar-refractivity contribution < 1.29 is 4.74 Å². The molecular formula is C27H34N6OS. The van der Waals surface area contributed by atoms with E-state index >= 15 is 0 Å². The molecule has 184 valence electrons. The number of hydrogen-bond donors (Lipinski definition) is 1. The molecule has 2 fully saturated rings. The van der Waals surface area contributed by atoms with Gasteiger partial charge in [-0.25, -0.2) is 0 Å². The van der Waals surface area contributed by atoms with Gasteiger partial charge in [0.2, 0.25) is 0 Å². The summed E-state index contributed by atoms with van der Waals surface area (Å²) in [7, 11) is 0. The lowest BCUT2D eigenvalue weighted by molar-refractivity contribution is 0.0369. The van der Waals surface area contributed by atoms with Crippen molar-refractivity contribution in [2.24, 2.45) is 0 Å². The Kier molecular flexibility index (Phi) is 7.41. The van der Waals surface area contributed by atoms with Gasteiger partial charge < -0.3 is 19.5 Å². The Morgan fingerprint density at radius 1 is 1.06 bits per heavy atom. The third-order valence-corrected chi connectivity index (χ3v) is 7.54. The van der Waals surface area contributed by atoms with Gasteiger partial charge in [0.25, 0.3) is 0 Å². The number of rotatable bonds is 8. The first-order valence-corrected chi connectivity index (χ1v) is 12.9. The van der Waals surface area contributed by atoms with Crippen LogP contribution in [-0.2, 0) is 17.8 Å². The predicted octanol–water partition coefficient (Wildman–Crippen LogP) is 3.79. The molecule has 3 aromatic heterocycles. The molecule has 2 saturated heterocycles. The van der Waals surface area contributed by atoms with Crippen LogP contribution in [0.1, 0.15) is 46.7 Å². The minimum Gasteiger partial charge on any atom is -0.379 e. The molecule has 35 heavy (non-hydrogen) atoms. The average Bonchev–Trinajstić information content (AvgIpc) is 3.36. The van der Waals surface area contributed by atoms with Crippen LogP contribution in [0, 0.1) is 13.8 Å². The van der Waals surface area contributed by atoms with Crippen LogP contribution in [0.2, 0.25) is 0 Å². The lowest BCUT2D eigenvalue weighted by atomic mass is 9.96. The molecule has 0 radical (unpaired) electrons. The summed E-state index contributed by atoms with van der Waals surface area (Å²) in [5.74, 6) is 0. The fraction of sp³-hybridized carbons (Fsp3) is 0.444. The summed E-state index contributed by atoms with van der Waals surface area (Å²) in [6.07, 6.45) is 6.67. The first-order chi connectivity index (χ1) is 17.1. The third-order valence-electron chi connectivity index (χ3n) is 7.19. The second kappa shape index (κ2) is 10.8.